The van der Waals surface area contributed by atoms with E-state index < -0.39 is 0 Å². The van der Waals surface area contributed by atoms with Crippen LogP contribution in [0, 0.1) is 5.92 Å². The fourth-order valence-electron chi connectivity index (χ4n) is 5.23. The Hall–Kier alpha value is -1.57. The van der Waals surface area contributed by atoms with E-state index in [-0.39, 0.29) is 11.8 Å². The lowest BCUT2D eigenvalue weighted by Gasteiger charge is -2.12. The first-order valence-electron chi connectivity index (χ1n) is 17.6. The molecule has 0 aliphatic rings. The first-order valence-corrected chi connectivity index (χ1v) is 17.6. The van der Waals surface area contributed by atoms with Crippen LogP contribution in [-0.2, 0) is 4.79 Å². The second-order valence-corrected chi connectivity index (χ2v) is 11.9. The van der Waals surface area contributed by atoms with Gasteiger partial charge in [-0.2, -0.15) is 0 Å². The van der Waals surface area contributed by atoms with Gasteiger partial charge >= 0.3 is 0 Å². The van der Waals surface area contributed by atoms with Gasteiger partial charge in [0.15, 0.2) is 0 Å². The number of allylic oxidation sites excluding steroid dienone is 8. The minimum atomic E-state index is -0.114. The van der Waals surface area contributed by atoms with Crippen molar-refractivity contribution in [2.24, 2.45) is 11.7 Å². The SMILES string of the molecule is CCCCCC=CCC=CCC=CCC=CCCC(CCCCCCCCCCCCCCCCCC)C(N)=O. The van der Waals surface area contributed by atoms with Crippen molar-refractivity contribution in [1.82, 2.24) is 0 Å². The molecule has 0 radical (unpaired) electrons. The number of unbranched alkanes of at least 4 members (excludes halogenated alkanes) is 18. The molecule has 0 rings (SSSR count). The molecule has 2 nitrogen and oxygen atoms in total. The highest BCUT2D eigenvalue weighted by Gasteiger charge is 2.13. The van der Waals surface area contributed by atoms with E-state index in [0.29, 0.717) is 0 Å². The van der Waals surface area contributed by atoms with Crippen molar-refractivity contribution in [3.05, 3.63) is 48.6 Å². The van der Waals surface area contributed by atoms with Crippen molar-refractivity contribution in [2.45, 2.75) is 181 Å². The first kappa shape index (κ1) is 38.4. The van der Waals surface area contributed by atoms with E-state index in [1.54, 1.807) is 0 Å². The molecule has 0 aromatic heterocycles. The van der Waals surface area contributed by atoms with E-state index in [9.17, 15) is 4.79 Å². The van der Waals surface area contributed by atoms with Gasteiger partial charge in [-0.25, -0.2) is 0 Å². The topological polar surface area (TPSA) is 43.1 Å². The summed E-state index contributed by atoms with van der Waals surface area (Å²) in [5.41, 5.74) is 5.68. The third-order valence-electron chi connectivity index (χ3n) is 7.95. The van der Waals surface area contributed by atoms with E-state index in [0.717, 1.165) is 44.9 Å². The number of rotatable bonds is 31. The standard InChI is InChI=1S/C38H69NO/c1-3-5-7-9-11-13-15-17-19-21-23-25-27-29-31-33-35-37(38(39)40)36-34-32-30-28-26-24-22-20-18-16-14-12-10-8-6-4-2/h11,13,17,19,23,25,29,31,37H,3-10,12,14-16,18,20-22,24,26-28,30,32-36H2,1-2H3,(H2,39,40). The lowest BCUT2D eigenvalue weighted by Crippen LogP contribution is -2.23. The molecule has 40 heavy (non-hydrogen) atoms. The number of carbonyl (C=O) groups is 1. The summed E-state index contributed by atoms with van der Waals surface area (Å²) in [5, 5.41) is 0. The molecule has 0 aromatic rings. The Kier molecular flexibility index (Phi) is 32.3. The fraction of sp³-hybridized carbons (Fsp3) is 0.763. The zero-order chi connectivity index (χ0) is 29.2. The quantitative estimate of drug-likeness (QED) is 0.0670. The van der Waals surface area contributed by atoms with Crippen LogP contribution in [-0.4, -0.2) is 5.91 Å². The van der Waals surface area contributed by atoms with Crippen LogP contribution in [0.1, 0.15) is 181 Å². The zero-order valence-corrected chi connectivity index (χ0v) is 27.1. The minimum Gasteiger partial charge on any atom is -0.369 e. The average molecular weight is 556 g/mol. The van der Waals surface area contributed by atoms with E-state index in [1.165, 1.54) is 122 Å². The predicted octanol–water partition coefficient (Wildman–Crippen LogP) is 12.5. The molecule has 0 heterocycles. The predicted molar refractivity (Wildman–Crippen MR) is 181 cm³/mol. The smallest absolute Gasteiger partial charge is 0.220 e. The van der Waals surface area contributed by atoms with Gasteiger partial charge in [0.2, 0.25) is 5.91 Å². The van der Waals surface area contributed by atoms with Crippen LogP contribution in [0.2, 0.25) is 0 Å². The largest absolute Gasteiger partial charge is 0.369 e. The maximum Gasteiger partial charge on any atom is 0.220 e. The average Bonchev–Trinajstić information content (AvgIpc) is 2.95. The maximum absolute atomic E-state index is 11.9. The number of hydrogen-bond donors (Lipinski definition) is 1. The Balaban J connectivity index is 3.59. The summed E-state index contributed by atoms with van der Waals surface area (Å²) in [4.78, 5) is 11.9. The van der Waals surface area contributed by atoms with Gasteiger partial charge in [-0.05, 0) is 51.4 Å². The van der Waals surface area contributed by atoms with Crippen molar-refractivity contribution in [1.29, 1.82) is 0 Å². The van der Waals surface area contributed by atoms with Crippen molar-refractivity contribution >= 4 is 5.91 Å². The van der Waals surface area contributed by atoms with Crippen molar-refractivity contribution in [3.63, 3.8) is 0 Å². The summed E-state index contributed by atoms with van der Waals surface area (Å²) >= 11 is 0. The summed E-state index contributed by atoms with van der Waals surface area (Å²) in [5.74, 6) is -0.0745. The van der Waals surface area contributed by atoms with Gasteiger partial charge < -0.3 is 5.73 Å². The van der Waals surface area contributed by atoms with Gasteiger partial charge in [0, 0.05) is 5.92 Å². The number of hydrogen-bond acceptors (Lipinski definition) is 1. The zero-order valence-electron chi connectivity index (χ0n) is 27.1. The normalized spacial score (nSPS) is 13.1. The van der Waals surface area contributed by atoms with Gasteiger partial charge in [0.1, 0.15) is 0 Å². The van der Waals surface area contributed by atoms with E-state index in [4.69, 9.17) is 5.73 Å². The molecule has 0 aliphatic heterocycles. The van der Waals surface area contributed by atoms with E-state index >= 15 is 0 Å². The second-order valence-electron chi connectivity index (χ2n) is 11.9. The first-order chi connectivity index (χ1) is 19.7. The van der Waals surface area contributed by atoms with Crippen molar-refractivity contribution < 1.29 is 4.79 Å². The van der Waals surface area contributed by atoms with Gasteiger partial charge in [0.05, 0.1) is 0 Å². The maximum atomic E-state index is 11.9. The number of amides is 1. The summed E-state index contributed by atoms with van der Waals surface area (Å²) in [6, 6.07) is 0. The molecule has 2 N–H and O–H groups in total. The van der Waals surface area contributed by atoms with Gasteiger partial charge in [-0.1, -0.05) is 178 Å². The number of nitrogens with two attached hydrogens (primary N) is 1. The van der Waals surface area contributed by atoms with Crippen LogP contribution in [0.3, 0.4) is 0 Å². The lowest BCUT2D eigenvalue weighted by atomic mass is 9.95. The highest BCUT2D eigenvalue weighted by atomic mass is 16.1. The molecule has 0 fully saturated rings. The number of primary amides is 1. The lowest BCUT2D eigenvalue weighted by molar-refractivity contribution is -0.122. The Morgan fingerprint density at radius 2 is 0.800 bits per heavy atom. The highest BCUT2D eigenvalue weighted by Crippen LogP contribution is 2.18. The van der Waals surface area contributed by atoms with Crippen LogP contribution in [0.15, 0.2) is 48.6 Å². The molecule has 0 spiro atoms. The van der Waals surface area contributed by atoms with Crippen LogP contribution in [0.5, 0.6) is 0 Å². The third kappa shape index (κ3) is 31.0. The van der Waals surface area contributed by atoms with Gasteiger partial charge in [-0.15, -0.1) is 0 Å². The van der Waals surface area contributed by atoms with Crippen LogP contribution < -0.4 is 5.73 Å². The Labute approximate surface area is 251 Å². The third-order valence-corrected chi connectivity index (χ3v) is 7.95. The second kappa shape index (κ2) is 33.6. The fourth-order valence-corrected chi connectivity index (χ4v) is 5.23. The van der Waals surface area contributed by atoms with E-state index in [1.807, 2.05) is 0 Å². The Morgan fingerprint density at radius 1 is 0.450 bits per heavy atom. The molecule has 0 aromatic carbocycles. The number of carbonyl (C=O) groups excluding carboxylic acids is 1. The molecule has 0 bridgehead atoms. The summed E-state index contributed by atoms with van der Waals surface area (Å²) in [7, 11) is 0. The molecular weight excluding hydrogens is 486 g/mol. The molecule has 2 heteroatoms. The molecule has 1 amide bonds. The highest BCUT2D eigenvalue weighted by molar-refractivity contribution is 5.76. The van der Waals surface area contributed by atoms with Gasteiger partial charge in [-0.3, -0.25) is 4.79 Å². The minimum absolute atomic E-state index is 0.0395. The van der Waals surface area contributed by atoms with E-state index in [2.05, 4.69) is 62.5 Å². The van der Waals surface area contributed by atoms with Gasteiger partial charge in [0.25, 0.3) is 0 Å². The molecule has 0 aliphatic carbocycles. The molecule has 0 saturated carbocycles. The van der Waals surface area contributed by atoms with Crippen molar-refractivity contribution in [2.75, 3.05) is 0 Å². The molecule has 1 atom stereocenters. The summed E-state index contributed by atoms with van der Waals surface area (Å²) in [6.45, 7) is 4.54. The molecule has 1 unspecified atom stereocenters. The molecule has 232 valence electrons. The van der Waals surface area contributed by atoms with Crippen LogP contribution in [0.4, 0.5) is 0 Å². The van der Waals surface area contributed by atoms with Crippen LogP contribution >= 0.6 is 0 Å². The monoisotopic (exact) mass is 556 g/mol. The Bertz CT molecular complexity index is 629. The van der Waals surface area contributed by atoms with Crippen molar-refractivity contribution in [3.8, 4) is 0 Å². The molecule has 0 saturated heterocycles. The summed E-state index contributed by atoms with van der Waals surface area (Å²) < 4.78 is 0. The van der Waals surface area contributed by atoms with Crippen LogP contribution in [0.25, 0.3) is 0 Å². The summed E-state index contributed by atoms with van der Waals surface area (Å²) in [6.07, 6.45) is 51.0. The molecular formula is C38H69NO. The Morgan fingerprint density at radius 3 is 1.23 bits per heavy atom.